The fraction of sp³-hybridized carbons (Fsp3) is 0.700. The molecule has 0 spiro atoms. The van der Waals surface area contributed by atoms with Gasteiger partial charge in [-0.15, -0.1) is 0 Å². The number of carbonyl (C=O) groups is 3. The minimum atomic E-state index is -0.758. The van der Waals surface area contributed by atoms with E-state index >= 15 is 0 Å². The molecule has 0 aromatic rings. The van der Waals surface area contributed by atoms with Gasteiger partial charge < -0.3 is 22.1 Å². The molecule has 0 bridgehead atoms. The van der Waals surface area contributed by atoms with E-state index in [-0.39, 0.29) is 12.5 Å². The molecule has 0 saturated heterocycles. The smallest absolute Gasteiger partial charge is 0.242 e. The molecule has 7 nitrogen and oxygen atoms in total. The topological polar surface area (TPSA) is 127 Å². The van der Waals surface area contributed by atoms with E-state index in [1.165, 1.54) is 6.92 Å². The van der Waals surface area contributed by atoms with Gasteiger partial charge >= 0.3 is 0 Å². The van der Waals surface area contributed by atoms with Crippen molar-refractivity contribution in [2.24, 2.45) is 17.4 Å². The summed E-state index contributed by atoms with van der Waals surface area (Å²) in [6.45, 7) is 4.83. The van der Waals surface area contributed by atoms with Crippen molar-refractivity contribution >= 4 is 17.7 Å². The van der Waals surface area contributed by atoms with E-state index in [2.05, 4.69) is 10.6 Å². The van der Waals surface area contributed by atoms with Crippen molar-refractivity contribution in [1.29, 1.82) is 0 Å². The van der Waals surface area contributed by atoms with E-state index in [9.17, 15) is 14.4 Å². The van der Waals surface area contributed by atoms with Crippen LogP contribution >= 0.6 is 0 Å². The number of hydrogen-bond acceptors (Lipinski definition) is 4. The Morgan fingerprint density at radius 1 is 1.12 bits per heavy atom. The van der Waals surface area contributed by atoms with E-state index in [1.807, 2.05) is 0 Å². The first-order valence-corrected chi connectivity index (χ1v) is 5.38. The highest BCUT2D eigenvalue weighted by molar-refractivity contribution is 5.91. The molecule has 17 heavy (non-hydrogen) atoms. The minimum absolute atomic E-state index is 0.117. The lowest BCUT2D eigenvalue weighted by Crippen LogP contribution is -2.54. The van der Waals surface area contributed by atoms with Crippen molar-refractivity contribution in [3.05, 3.63) is 0 Å². The van der Waals surface area contributed by atoms with Crippen LogP contribution in [0.5, 0.6) is 0 Å². The van der Waals surface area contributed by atoms with Crippen LogP contribution in [0.15, 0.2) is 0 Å². The van der Waals surface area contributed by atoms with Gasteiger partial charge in [0.05, 0.1) is 6.54 Å². The Kier molecular flexibility index (Phi) is 6.19. The van der Waals surface area contributed by atoms with Crippen LogP contribution in [0.4, 0.5) is 0 Å². The third-order valence-corrected chi connectivity index (χ3v) is 2.23. The van der Waals surface area contributed by atoms with Crippen molar-refractivity contribution in [3.63, 3.8) is 0 Å². The molecule has 0 fully saturated rings. The second-order valence-electron chi connectivity index (χ2n) is 4.13. The Hall–Kier alpha value is -1.63. The minimum Gasteiger partial charge on any atom is -0.368 e. The standard InChI is InChI=1S/C10H20N4O3/c1-5(2)8(9(12)16)14-10(17)6(3)13-7(15)4-11/h5-6,8H,4,11H2,1-3H3,(H2,12,16)(H,13,15)(H,14,17)/t6-,8-/m0/s1. The predicted octanol–water partition coefficient (Wildman–Crippen LogP) is -1.92. The Morgan fingerprint density at radius 3 is 2.00 bits per heavy atom. The first kappa shape index (κ1) is 15.4. The molecule has 0 unspecified atom stereocenters. The first-order valence-electron chi connectivity index (χ1n) is 5.38. The summed E-state index contributed by atoms with van der Waals surface area (Å²) in [7, 11) is 0. The monoisotopic (exact) mass is 244 g/mol. The molecule has 0 rings (SSSR count). The molecule has 98 valence electrons. The molecule has 0 aromatic heterocycles. The van der Waals surface area contributed by atoms with Gasteiger partial charge in [0.1, 0.15) is 12.1 Å². The SMILES string of the molecule is CC(C)[C@H](NC(=O)[C@H](C)NC(=O)CN)C(N)=O. The molecule has 0 saturated carbocycles. The van der Waals surface area contributed by atoms with Crippen LogP contribution in [-0.2, 0) is 14.4 Å². The van der Waals surface area contributed by atoms with Gasteiger partial charge in [-0.3, -0.25) is 14.4 Å². The van der Waals surface area contributed by atoms with E-state index < -0.39 is 29.8 Å². The zero-order chi connectivity index (χ0) is 13.6. The summed E-state index contributed by atoms with van der Waals surface area (Å²) in [4.78, 5) is 33.7. The van der Waals surface area contributed by atoms with Gasteiger partial charge in [-0.2, -0.15) is 0 Å². The van der Waals surface area contributed by atoms with Gasteiger partial charge in [-0.25, -0.2) is 0 Å². The predicted molar refractivity (Wildman–Crippen MR) is 62.6 cm³/mol. The lowest BCUT2D eigenvalue weighted by atomic mass is 10.0. The number of primary amides is 1. The molecule has 0 radical (unpaired) electrons. The molecule has 6 N–H and O–H groups in total. The fourth-order valence-corrected chi connectivity index (χ4v) is 1.21. The zero-order valence-corrected chi connectivity index (χ0v) is 10.3. The van der Waals surface area contributed by atoms with Crippen LogP contribution in [0.25, 0.3) is 0 Å². The molecule has 0 heterocycles. The van der Waals surface area contributed by atoms with Crippen LogP contribution in [-0.4, -0.2) is 36.3 Å². The number of nitrogens with two attached hydrogens (primary N) is 2. The van der Waals surface area contributed by atoms with Crippen LogP contribution in [0.3, 0.4) is 0 Å². The average molecular weight is 244 g/mol. The number of rotatable bonds is 6. The van der Waals surface area contributed by atoms with Crippen molar-refractivity contribution in [3.8, 4) is 0 Å². The van der Waals surface area contributed by atoms with Gasteiger partial charge in [0.25, 0.3) is 0 Å². The van der Waals surface area contributed by atoms with Gasteiger partial charge in [-0.1, -0.05) is 13.8 Å². The van der Waals surface area contributed by atoms with E-state index in [1.54, 1.807) is 13.8 Å². The third-order valence-electron chi connectivity index (χ3n) is 2.23. The van der Waals surface area contributed by atoms with Gasteiger partial charge in [0.2, 0.25) is 17.7 Å². The van der Waals surface area contributed by atoms with Crippen molar-refractivity contribution in [2.45, 2.75) is 32.9 Å². The molecular formula is C10H20N4O3. The summed E-state index contributed by atoms with van der Waals surface area (Å²) < 4.78 is 0. The number of amides is 3. The summed E-state index contributed by atoms with van der Waals surface area (Å²) >= 11 is 0. The summed E-state index contributed by atoms with van der Waals surface area (Å²) in [6.07, 6.45) is 0. The Morgan fingerprint density at radius 2 is 1.65 bits per heavy atom. The molecule has 0 aromatic carbocycles. The van der Waals surface area contributed by atoms with Crippen LogP contribution in [0.1, 0.15) is 20.8 Å². The van der Waals surface area contributed by atoms with Crippen molar-refractivity contribution < 1.29 is 14.4 Å². The van der Waals surface area contributed by atoms with Crippen molar-refractivity contribution in [1.82, 2.24) is 10.6 Å². The van der Waals surface area contributed by atoms with Gasteiger partial charge in [0.15, 0.2) is 0 Å². The van der Waals surface area contributed by atoms with E-state index in [4.69, 9.17) is 11.5 Å². The maximum Gasteiger partial charge on any atom is 0.242 e. The lowest BCUT2D eigenvalue weighted by molar-refractivity contribution is -0.131. The molecule has 3 amide bonds. The molecule has 0 aliphatic rings. The lowest BCUT2D eigenvalue weighted by Gasteiger charge is -2.21. The summed E-state index contributed by atoms with van der Waals surface area (Å²) in [5.41, 5.74) is 10.3. The van der Waals surface area contributed by atoms with Crippen molar-refractivity contribution in [2.75, 3.05) is 6.54 Å². The molecule has 2 atom stereocenters. The normalized spacial score (nSPS) is 13.9. The highest BCUT2D eigenvalue weighted by Crippen LogP contribution is 2.01. The number of nitrogens with one attached hydrogen (secondary N) is 2. The number of hydrogen-bond donors (Lipinski definition) is 4. The van der Waals surface area contributed by atoms with Crippen LogP contribution < -0.4 is 22.1 Å². The summed E-state index contributed by atoms with van der Waals surface area (Å²) in [5, 5.41) is 4.86. The summed E-state index contributed by atoms with van der Waals surface area (Å²) in [6, 6.07) is -1.51. The molecule has 7 heteroatoms. The molecule has 0 aliphatic heterocycles. The molecular weight excluding hydrogens is 224 g/mol. The highest BCUT2D eigenvalue weighted by Gasteiger charge is 2.24. The zero-order valence-electron chi connectivity index (χ0n) is 10.3. The maximum atomic E-state index is 11.6. The quantitative estimate of drug-likeness (QED) is 0.434. The Balaban J connectivity index is 4.41. The second kappa shape index (κ2) is 6.85. The van der Waals surface area contributed by atoms with E-state index in [0.717, 1.165) is 0 Å². The fourth-order valence-electron chi connectivity index (χ4n) is 1.21. The largest absolute Gasteiger partial charge is 0.368 e. The second-order valence-corrected chi connectivity index (χ2v) is 4.13. The Bertz CT molecular complexity index is 304. The summed E-state index contributed by atoms with van der Waals surface area (Å²) in [5.74, 6) is -1.63. The van der Waals surface area contributed by atoms with Crippen LogP contribution in [0.2, 0.25) is 0 Å². The van der Waals surface area contributed by atoms with Gasteiger partial charge in [0, 0.05) is 0 Å². The maximum absolute atomic E-state index is 11.6. The average Bonchev–Trinajstić information content (AvgIpc) is 2.23. The third kappa shape index (κ3) is 5.30. The van der Waals surface area contributed by atoms with Gasteiger partial charge in [-0.05, 0) is 12.8 Å². The Labute approximate surface area is 100 Å². The van der Waals surface area contributed by atoms with Crippen LogP contribution in [0, 0.1) is 5.92 Å². The first-order chi connectivity index (χ1) is 7.79. The van der Waals surface area contributed by atoms with E-state index in [0.29, 0.717) is 0 Å². The molecule has 0 aliphatic carbocycles. The number of carbonyl (C=O) groups excluding carboxylic acids is 3. The highest BCUT2D eigenvalue weighted by atomic mass is 16.2.